The minimum Gasteiger partial charge on any atom is -0.477 e. The summed E-state index contributed by atoms with van der Waals surface area (Å²) >= 11 is 0. The molecule has 0 aliphatic heterocycles. The minimum absolute atomic E-state index is 0.0513. The van der Waals surface area contributed by atoms with Crippen LogP contribution in [0.15, 0.2) is 17.2 Å². The van der Waals surface area contributed by atoms with Crippen molar-refractivity contribution >= 4 is 16.0 Å². The summed E-state index contributed by atoms with van der Waals surface area (Å²) in [6.45, 7) is -0.0513. The summed E-state index contributed by atoms with van der Waals surface area (Å²) in [5.74, 6) is -1.02. The molecule has 1 aromatic rings. The van der Waals surface area contributed by atoms with E-state index in [-0.39, 0.29) is 23.1 Å². The van der Waals surface area contributed by atoms with Crippen molar-refractivity contribution in [1.29, 1.82) is 0 Å². The molecule has 1 saturated carbocycles. The van der Waals surface area contributed by atoms with Crippen LogP contribution in [0.25, 0.3) is 0 Å². The highest BCUT2D eigenvalue weighted by atomic mass is 32.2. The van der Waals surface area contributed by atoms with Crippen LogP contribution >= 0.6 is 0 Å². The summed E-state index contributed by atoms with van der Waals surface area (Å²) in [6.07, 6.45) is 2.38. The van der Waals surface area contributed by atoms with Gasteiger partial charge in [-0.25, -0.2) is 17.9 Å². The van der Waals surface area contributed by atoms with Crippen LogP contribution < -0.4 is 4.72 Å². The number of rotatable bonds is 6. The number of aliphatic hydroxyl groups excluding tert-OH is 1. The molecule has 19 heavy (non-hydrogen) atoms. The summed E-state index contributed by atoms with van der Waals surface area (Å²) in [4.78, 5) is 10.7. The fourth-order valence-corrected chi connectivity index (χ4v) is 2.94. The van der Waals surface area contributed by atoms with E-state index in [1.807, 2.05) is 0 Å². The number of aliphatic hydroxyl groups is 1. The van der Waals surface area contributed by atoms with E-state index in [2.05, 4.69) is 4.72 Å². The highest BCUT2D eigenvalue weighted by Gasteiger charge is 2.31. The SMILES string of the molecule is Cn1cc(S(=O)(=O)NCC(O)C2CC2)cc1C(=O)O. The van der Waals surface area contributed by atoms with Gasteiger partial charge in [0.2, 0.25) is 10.0 Å². The number of carboxylic acids is 1. The summed E-state index contributed by atoms with van der Waals surface area (Å²) in [6, 6.07) is 1.09. The number of aromatic carboxylic acids is 1. The van der Waals surface area contributed by atoms with Gasteiger partial charge in [0.05, 0.1) is 6.10 Å². The third-order valence-electron chi connectivity index (χ3n) is 3.16. The molecule has 0 amide bonds. The molecule has 1 heterocycles. The zero-order valence-corrected chi connectivity index (χ0v) is 11.2. The van der Waals surface area contributed by atoms with E-state index < -0.39 is 22.1 Å². The van der Waals surface area contributed by atoms with Crippen LogP contribution in [0.5, 0.6) is 0 Å². The number of aromatic nitrogens is 1. The van der Waals surface area contributed by atoms with Crippen LogP contribution in [0.2, 0.25) is 0 Å². The van der Waals surface area contributed by atoms with Crippen molar-refractivity contribution in [3.05, 3.63) is 18.0 Å². The summed E-state index contributed by atoms with van der Waals surface area (Å²) in [5, 5.41) is 18.5. The molecule has 8 heteroatoms. The van der Waals surface area contributed by atoms with Crippen molar-refractivity contribution in [2.45, 2.75) is 23.8 Å². The Kier molecular flexibility index (Phi) is 3.66. The van der Waals surface area contributed by atoms with Crippen LogP contribution in [-0.2, 0) is 17.1 Å². The molecule has 1 fully saturated rings. The summed E-state index contributed by atoms with van der Waals surface area (Å²) in [5.41, 5.74) is -0.108. The maximum absolute atomic E-state index is 11.9. The minimum atomic E-state index is -3.79. The predicted octanol–water partition coefficient (Wildman–Crippen LogP) is -0.228. The summed E-state index contributed by atoms with van der Waals surface area (Å²) < 4.78 is 27.4. The monoisotopic (exact) mass is 288 g/mol. The number of nitrogens with zero attached hydrogens (tertiary/aromatic N) is 1. The molecule has 3 N–H and O–H groups in total. The average molecular weight is 288 g/mol. The Morgan fingerprint density at radius 3 is 2.68 bits per heavy atom. The molecule has 1 aliphatic rings. The van der Waals surface area contributed by atoms with Crippen molar-refractivity contribution in [2.75, 3.05) is 6.54 Å². The number of hydrogen-bond donors (Lipinski definition) is 3. The maximum Gasteiger partial charge on any atom is 0.352 e. The van der Waals surface area contributed by atoms with Gasteiger partial charge in [-0.1, -0.05) is 0 Å². The van der Waals surface area contributed by atoms with Crippen molar-refractivity contribution in [1.82, 2.24) is 9.29 Å². The Bertz CT molecular complexity index is 588. The lowest BCUT2D eigenvalue weighted by Crippen LogP contribution is -2.33. The van der Waals surface area contributed by atoms with Crippen LogP contribution in [0.4, 0.5) is 0 Å². The highest BCUT2D eigenvalue weighted by molar-refractivity contribution is 7.89. The van der Waals surface area contributed by atoms with E-state index in [0.29, 0.717) is 0 Å². The first kappa shape index (κ1) is 14.0. The molecule has 0 saturated heterocycles. The zero-order valence-electron chi connectivity index (χ0n) is 10.4. The lowest BCUT2D eigenvalue weighted by atomic mass is 10.2. The normalized spacial score (nSPS) is 17.4. The van der Waals surface area contributed by atoms with Gasteiger partial charge in [0.15, 0.2) is 0 Å². The van der Waals surface area contributed by atoms with E-state index in [1.54, 1.807) is 0 Å². The fourth-order valence-electron chi connectivity index (χ4n) is 1.82. The lowest BCUT2D eigenvalue weighted by Gasteiger charge is -2.10. The second kappa shape index (κ2) is 4.95. The van der Waals surface area contributed by atoms with Crippen molar-refractivity contribution < 1.29 is 23.4 Å². The van der Waals surface area contributed by atoms with Crippen molar-refractivity contribution in [3.63, 3.8) is 0 Å². The molecule has 0 bridgehead atoms. The molecule has 0 radical (unpaired) electrons. The fraction of sp³-hybridized carbons (Fsp3) is 0.545. The topological polar surface area (TPSA) is 109 Å². The Balaban J connectivity index is 2.10. The Morgan fingerprint density at radius 1 is 1.58 bits per heavy atom. The Hall–Kier alpha value is -1.38. The van der Waals surface area contributed by atoms with E-state index in [4.69, 9.17) is 5.11 Å². The van der Waals surface area contributed by atoms with E-state index >= 15 is 0 Å². The lowest BCUT2D eigenvalue weighted by molar-refractivity contribution is 0.0686. The van der Waals surface area contributed by atoms with E-state index in [0.717, 1.165) is 18.9 Å². The van der Waals surface area contributed by atoms with E-state index in [1.165, 1.54) is 17.8 Å². The van der Waals surface area contributed by atoms with Crippen molar-refractivity contribution in [3.8, 4) is 0 Å². The number of sulfonamides is 1. The standard InChI is InChI=1S/C11H16N2O5S/c1-13-6-8(4-9(13)11(15)16)19(17,18)12-5-10(14)7-2-3-7/h4,6-7,10,12,14H,2-3,5H2,1H3,(H,15,16). The largest absolute Gasteiger partial charge is 0.477 e. The highest BCUT2D eigenvalue weighted by Crippen LogP contribution is 2.32. The van der Waals surface area contributed by atoms with Crippen LogP contribution in [0.1, 0.15) is 23.3 Å². The van der Waals surface area contributed by atoms with Crippen LogP contribution in [0.3, 0.4) is 0 Å². The van der Waals surface area contributed by atoms with Gasteiger partial charge in [-0.05, 0) is 24.8 Å². The van der Waals surface area contributed by atoms with Gasteiger partial charge in [-0.3, -0.25) is 0 Å². The molecule has 2 rings (SSSR count). The molecule has 0 spiro atoms. The Morgan fingerprint density at radius 2 is 2.21 bits per heavy atom. The second-order valence-corrected chi connectivity index (χ2v) is 6.50. The van der Waals surface area contributed by atoms with Gasteiger partial charge >= 0.3 is 5.97 Å². The predicted molar refractivity (Wildman–Crippen MR) is 66.3 cm³/mol. The summed E-state index contributed by atoms with van der Waals surface area (Å²) in [7, 11) is -2.33. The van der Waals surface area contributed by atoms with Gasteiger partial charge in [0, 0.05) is 19.8 Å². The van der Waals surface area contributed by atoms with Gasteiger partial charge < -0.3 is 14.8 Å². The molecule has 0 aromatic carbocycles. The quantitative estimate of drug-likeness (QED) is 0.670. The second-order valence-electron chi connectivity index (χ2n) is 4.73. The molecule has 1 atom stereocenters. The smallest absolute Gasteiger partial charge is 0.352 e. The van der Waals surface area contributed by atoms with Gasteiger partial charge in [-0.15, -0.1) is 0 Å². The third kappa shape index (κ3) is 3.14. The first-order valence-corrected chi connectivity index (χ1v) is 7.37. The number of carboxylic acid groups (broad SMARTS) is 1. The molecule has 1 unspecified atom stereocenters. The maximum atomic E-state index is 11.9. The number of hydrogen-bond acceptors (Lipinski definition) is 4. The molecular weight excluding hydrogens is 272 g/mol. The number of carbonyl (C=O) groups is 1. The average Bonchev–Trinajstić information content (AvgIpc) is 3.08. The molecule has 1 aromatic heterocycles. The number of nitrogens with one attached hydrogen (secondary N) is 1. The van der Waals surface area contributed by atoms with Gasteiger partial charge in [-0.2, -0.15) is 0 Å². The van der Waals surface area contributed by atoms with Crippen molar-refractivity contribution in [2.24, 2.45) is 13.0 Å². The van der Waals surface area contributed by atoms with Gasteiger partial charge in [0.1, 0.15) is 10.6 Å². The van der Waals surface area contributed by atoms with Crippen LogP contribution in [0, 0.1) is 5.92 Å². The Labute approximate surface area is 110 Å². The third-order valence-corrected chi connectivity index (χ3v) is 4.55. The van der Waals surface area contributed by atoms with E-state index in [9.17, 15) is 18.3 Å². The van der Waals surface area contributed by atoms with Crippen LogP contribution in [-0.4, -0.2) is 41.8 Å². The zero-order chi connectivity index (χ0) is 14.2. The first-order chi connectivity index (χ1) is 8.81. The molecule has 7 nitrogen and oxygen atoms in total. The molecule has 1 aliphatic carbocycles. The first-order valence-electron chi connectivity index (χ1n) is 5.88. The number of aryl methyl sites for hydroxylation is 1. The molecular formula is C11H16N2O5S. The molecule has 106 valence electrons. The van der Waals surface area contributed by atoms with Gasteiger partial charge in [0.25, 0.3) is 0 Å².